The summed E-state index contributed by atoms with van der Waals surface area (Å²) in [6.45, 7) is 0. The van der Waals surface area contributed by atoms with Crippen LogP contribution in [0.2, 0.25) is 5.02 Å². The number of halogens is 1. The van der Waals surface area contributed by atoms with E-state index in [0.29, 0.717) is 10.8 Å². The molecule has 1 aromatic heterocycles. The van der Waals surface area contributed by atoms with E-state index in [-0.39, 0.29) is 0 Å². The Balaban J connectivity index is 3.02. The predicted molar refractivity (Wildman–Crippen MR) is 48.4 cm³/mol. The van der Waals surface area contributed by atoms with Crippen molar-refractivity contribution in [2.75, 3.05) is 18.6 Å². The van der Waals surface area contributed by atoms with Gasteiger partial charge in [-0.1, -0.05) is 23.4 Å². The first kappa shape index (κ1) is 8.62. The van der Waals surface area contributed by atoms with Gasteiger partial charge in [0.25, 0.3) is 0 Å². The lowest BCUT2D eigenvalue weighted by atomic mass is 10.6. The van der Waals surface area contributed by atoms with Crippen LogP contribution in [0.3, 0.4) is 0 Å². The van der Waals surface area contributed by atoms with Gasteiger partial charge in [0, 0.05) is 7.05 Å². The van der Waals surface area contributed by atoms with Crippen molar-refractivity contribution < 1.29 is 0 Å². The summed E-state index contributed by atoms with van der Waals surface area (Å²) in [7, 11) is 1.78. The fourth-order valence-corrected chi connectivity index (χ4v) is 1.15. The van der Waals surface area contributed by atoms with Gasteiger partial charge in [-0.2, -0.15) is 0 Å². The minimum atomic E-state index is 0.547. The van der Waals surface area contributed by atoms with Gasteiger partial charge in [0.2, 0.25) is 0 Å². The van der Waals surface area contributed by atoms with Crippen molar-refractivity contribution in [3.63, 3.8) is 0 Å². The Hall–Kier alpha value is -0.480. The van der Waals surface area contributed by atoms with Gasteiger partial charge in [0.1, 0.15) is 10.8 Å². The van der Waals surface area contributed by atoms with Crippen molar-refractivity contribution >= 4 is 29.2 Å². The van der Waals surface area contributed by atoms with Crippen molar-refractivity contribution in [2.24, 2.45) is 0 Å². The maximum absolute atomic E-state index is 5.76. The third-order valence-corrected chi connectivity index (χ3v) is 1.98. The van der Waals surface area contributed by atoms with Crippen molar-refractivity contribution in [3.05, 3.63) is 11.2 Å². The van der Waals surface area contributed by atoms with Crippen molar-refractivity contribution in [3.8, 4) is 0 Å². The van der Waals surface area contributed by atoms with Gasteiger partial charge in [0.05, 0.1) is 6.20 Å². The highest BCUT2D eigenvalue weighted by Crippen LogP contribution is 2.19. The Morgan fingerprint density at radius 3 is 2.91 bits per heavy atom. The van der Waals surface area contributed by atoms with Gasteiger partial charge in [-0.15, -0.1) is 0 Å². The third kappa shape index (κ3) is 1.97. The van der Waals surface area contributed by atoms with Gasteiger partial charge in [-0.3, -0.25) is 0 Å². The Bertz CT molecular complexity index is 254. The smallest absolute Gasteiger partial charge is 0.189 e. The van der Waals surface area contributed by atoms with E-state index in [2.05, 4.69) is 15.3 Å². The van der Waals surface area contributed by atoms with Crippen LogP contribution in [0.5, 0.6) is 0 Å². The molecule has 0 atom stereocenters. The fourth-order valence-electron chi connectivity index (χ4n) is 0.625. The molecule has 0 spiro atoms. The minimum absolute atomic E-state index is 0.547. The molecular weight excluding hydrogens is 182 g/mol. The van der Waals surface area contributed by atoms with Crippen LogP contribution in [0.25, 0.3) is 0 Å². The molecule has 0 saturated carbocycles. The van der Waals surface area contributed by atoms with Crippen LogP contribution in [-0.4, -0.2) is 23.3 Å². The first-order valence-corrected chi connectivity index (χ1v) is 4.62. The monoisotopic (exact) mass is 189 g/mol. The van der Waals surface area contributed by atoms with Crippen LogP contribution in [0.4, 0.5) is 5.82 Å². The second kappa shape index (κ2) is 3.78. The molecule has 0 aromatic carbocycles. The summed E-state index contributed by atoms with van der Waals surface area (Å²) in [5.74, 6) is 0.672. The van der Waals surface area contributed by atoms with Crippen LogP contribution in [-0.2, 0) is 0 Å². The van der Waals surface area contributed by atoms with Crippen LogP contribution in [0.15, 0.2) is 11.4 Å². The van der Waals surface area contributed by atoms with Gasteiger partial charge in [0.15, 0.2) is 5.16 Å². The van der Waals surface area contributed by atoms with E-state index < -0.39 is 0 Å². The number of rotatable bonds is 2. The molecule has 0 aliphatic rings. The van der Waals surface area contributed by atoms with Gasteiger partial charge in [-0.05, 0) is 6.26 Å². The first-order valence-electron chi connectivity index (χ1n) is 3.02. The lowest BCUT2D eigenvalue weighted by Gasteiger charge is -2.01. The molecule has 60 valence electrons. The lowest BCUT2D eigenvalue weighted by Crippen LogP contribution is -1.95. The molecule has 1 heterocycles. The summed E-state index contributed by atoms with van der Waals surface area (Å²) >= 11 is 7.24. The first-order chi connectivity index (χ1) is 5.27. The minimum Gasteiger partial charge on any atom is -0.372 e. The average molecular weight is 190 g/mol. The second-order valence-corrected chi connectivity index (χ2v) is 2.98. The zero-order chi connectivity index (χ0) is 8.27. The molecular formula is C6H8ClN3S. The number of thioether (sulfide) groups is 1. The number of hydrogen-bond acceptors (Lipinski definition) is 4. The van der Waals surface area contributed by atoms with E-state index in [9.17, 15) is 0 Å². The average Bonchev–Trinajstić information content (AvgIpc) is 2.05. The zero-order valence-electron chi connectivity index (χ0n) is 6.26. The highest BCUT2D eigenvalue weighted by Gasteiger charge is 2.01. The molecule has 11 heavy (non-hydrogen) atoms. The van der Waals surface area contributed by atoms with E-state index in [1.807, 2.05) is 6.26 Å². The highest BCUT2D eigenvalue weighted by molar-refractivity contribution is 7.98. The highest BCUT2D eigenvalue weighted by atomic mass is 35.5. The molecule has 3 nitrogen and oxygen atoms in total. The topological polar surface area (TPSA) is 37.8 Å². The molecule has 0 radical (unpaired) electrons. The fraction of sp³-hybridized carbons (Fsp3) is 0.333. The Morgan fingerprint density at radius 1 is 1.64 bits per heavy atom. The standard InChI is InChI=1S/C6H8ClN3S/c1-8-5-4(7)3-9-6(10-5)11-2/h3H,1-2H3,(H,8,9,10). The molecule has 1 rings (SSSR count). The number of nitrogens with one attached hydrogen (secondary N) is 1. The summed E-state index contributed by atoms with van der Waals surface area (Å²) < 4.78 is 0. The molecule has 0 fully saturated rings. The third-order valence-electron chi connectivity index (χ3n) is 1.14. The molecule has 0 amide bonds. The lowest BCUT2D eigenvalue weighted by molar-refractivity contribution is 0.972. The summed E-state index contributed by atoms with van der Waals surface area (Å²) in [5, 5.41) is 4.14. The molecule has 0 aliphatic heterocycles. The van der Waals surface area contributed by atoms with E-state index in [4.69, 9.17) is 11.6 Å². The summed E-state index contributed by atoms with van der Waals surface area (Å²) in [4.78, 5) is 8.10. The van der Waals surface area contributed by atoms with Gasteiger partial charge in [-0.25, -0.2) is 9.97 Å². The number of aromatic nitrogens is 2. The van der Waals surface area contributed by atoms with Crippen LogP contribution >= 0.6 is 23.4 Å². The van der Waals surface area contributed by atoms with Crippen LogP contribution in [0.1, 0.15) is 0 Å². The van der Waals surface area contributed by atoms with Crippen molar-refractivity contribution in [2.45, 2.75) is 5.16 Å². The van der Waals surface area contributed by atoms with Gasteiger partial charge < -0.3 is 5.32 Å². The summed E-state index contributed by atoms with van der Waals surface area (Å²) in [5.41, 5.74) is 0. The van der Waals surface area contributed by atoms with Crippen LogP contribution in [0, 0.1) is 0 Å². The Labute approximate surface area is 74.6 Å². The van der Waals surface area contributed by atoms with Crippen molar-refractivity contribution in [1.29, 1.82) is 0 Å². The van der Waals surface area contributed by atoms with E-state index in [0.717, 1.165) is 5.16 Å². The second-order valence-electron chi connectivity index (χ2n) is 1.80. The van der Waals surface area contributed by atoms with Crippen molar-refractivity contribution in [1.82, 2.24) is 9.97 Å². The molecule has 0 bridgehead atoms. The summed E-state index contributed by atoms with van der Waals surface area (Å²) in [6.07, 6.45) is 3.51. The maximum Gasteiger partial charge on any atom is 0.189 e. The summed E-state index contributed by atoms with van der Waals surface area (Å²) in [6, 6.07) is 0. The number of anilines is 1. The molecule has 1 aromatic rings. The Morgan fingerprint density at radius 2 is 2.36 bits per heavy atom. The van der Waals surface area contributed by atoms with E-state index >= 15 is 0 Å². The predicted octanol–water partition coefficient (Wildman–Crippen LogP) is 1.89. The molecule has 5 heteroatoms. The quantitative estimate of drug-likeness (QED) is 0.570. The van der Waals surface area contributed by atoms with Gasteiger partial charge >= 0.3 is 0 Å². The zero-order valence-corrected chi connectivity index (χ0v) is 7.83. The number of hydrogen-bond donors (Lipinski definition) is 1. The molecule has 0 unspecified atom stereocenters. The van der Waals surface area contributed by atoms with E-state index in [1.54, 1.807) is 13.2 Å². The van der Waals surface area contributed by atoms with E-state index in [1.165, 1.54) is 11.8 Å². The Kier molecular flexibility index (Phi) is 2.96. The SMILES string of the molecule is CNc1nc(SC)ncc1Cl. The normalized spacial score (nSPS) is 9.73. The molecule has 1 N–H and O–H groups in total. The van der Waals surface area contributed by atoms with Crippen LogP contribution < -0.4 is 5.32 Å². The maximum atomic E-state index is 5.76. The molecule has 0 aliphatic carbocycles. The largest absolute Gasteiger partial charge is 0.372 e. The molecule has 0 saturated heterocycles. The number of nitrogens with zero attached hydrogens (tertiary/aromatic N) is 2.